The van der Waals surface area contributed by atoms with Crippen LogP contribution in [0.25, 0.3) is 16.7 Å². The van der Waals surface area contributed by atoms with E-state index < -0.39 is 5.67 Å². The molecule has 3 aromatic rings. The average Bonchev–Trinajstić information content (AvgIpc) is 3.05. The summed E-state index contributed by atoms with van der Waals surface area (Å²) in [5.74, 6) is 0. The number of likely N-dealkylation sites (tertiary alicyclic amines) is 1. The first-order valence-corrected chi connectivity index (χ1v) is 8.95. The van der Waals surface area contributed by atoms with Crippen molar-refractivity contribution in [3.05, 3.63) is 60.4 Å². The fourth-order valence-corrected chi connectivity index (χ4v) is 3.59. The van der Waals surface area contributed by atoms with Gasteiger partial charge in [0.15, 0.2) is 0 Å². The van der Waals surface area contributed by atoms with Gasteiger partial charge in [-0.15, -0.1) is 0 Å². The third-order valence-electron chi connectivity index (χ3n) is 4.90. The van der Waals surface area contributed by atoms with E-state index in [1.807, 2.05) is 30.6 Å². The molecule has 0 spiro atoms. The summed E-state index contributed by atoms with van der Waals surface area (Å²) in [6.07, 6.45) is 4.89. The van der Waals surface area contributed by atoms with Crippen LogP contribution in [0, 0.1) is 0 Å². The maximum absolute atomic E-state index is 14.0. The smallest absolute Gasteiger partial charge is 0.144 e. The molecule has 0 amide bonds. The Morgan fingerprint density at radius 1 is 1.16 bits per heavy atom. The number of hydrogen-bond acceptors (Lipinski definition) is 2. The molecule has 2 aromatic heterocycles. The highest BCUT2D eigenvalue weighted by Gasteiger charge is 2.30. The van der Waals surface area contributed by atoms with Crippen LogP contribution in [0.5, 0.6) is 0 Å². The maximum Gasteiger partial charge on any atom is 0.144 e. The molecule has 1 fully saturated rings. The maximum atomic E-state index is 14.0. The van der Waals surface area contributed by atoms with E-state index in [0.717, 1.165) is 27.3 Å². The number of rotatable bonds is 2. The summed E-state index contributed by atoms with van der Waals surface area (Å²) in [6, 6.07) is 14.3. The second-order valence-corrected chi connectivity index (χ2v) is 7.25. The van der Waals surface area contributed by atoms with Crippen LogP contribution in [0.3, 0.4) is 0 Å². The number of alkyl halides is 1. The van der Waals surface area contributed by atoms with Crippen molar-refractivity contribution in [1.29, 1.82) is 0 Å². The SMILES string of the molecule is CC1(F)CCN(C(=S)c2cnc3c(ccn3-c3ccccc3)c2)CC1. The van der Waals surface area contributed by atoms with Gasteiger partial charge in [-0.05, 0) is 44.0 Å². The zero-order valence-corrected chi connectivity index (χ0v) is 15.0. The summed E-state index contributed by atoms with van der Waals surface area (Å²) >= 11 is 5.64. The van der Waals surface area contributed by atoms with Crippen LogP contribution in [-0.2, 0) is 0 Å². The third-order valence-corrected chi connectivity index (χ3v) is 5.39. The van der Waals surface area contributed by atoms with Crippen molar-refractivity contribution in [2.45, 2.75) is 25.4 Å². The van der Waals surface area contributed by atoms with Crippen LogP contribution in [0.1, 0.15) is 25.3 Å². The summed E-state index contributed by atoms with van der Waals surface area (Å²) < 4.78 is 16.1. The molecule has 0 N–H and O–H groups in total. The van der Waals surface area contributed by atoms with Gasteiger partial charge in [0.2, 0.25) is 0 Å². The number of para-hydroxylation sites is 1. The van der Waals surface area contributed by atoms with Gasteiger partial charge in [-0.3, -0.25) is 0 Å². The number of fused-ring (bicyclic) bond motifs is 1. The van der Waals surface area contributed by atoms with Gasteiger partial charge in [0.05, 0.1) is 0 Å². The quantitative estimate of drug-likeness (QED) is 0.632. The molecule has 0 radical (unpaired) electrons. The van der Waals surface area contributed by atoms with Crippen molar-refractivity contribution < 1.29 is 4.39 Å². The summed E-state index contributed by atoms with van der Waals surface area (Å²) in [5, 5.41) is 1.05. The van der Waals surface area contributed by atoms with Gasteiger partial charge in [-0.25, -0.2) is 9.37 Å². The van der Waals surface area contributed by atoms with E-state index in [1.54, 1.807) is 6.92 Å². The predicted octanol–water partition coefficient (Wildman–Crippen LogP) is 4.53. The molecule has 1 aromatic carbocycles. The molecule has 4 rings (SSSR count). The molecule has 3 heterocycles. The Kier molecular flexibility index (Phi) is 4.04. The van der Waals surface area contributed by atoms with Crippen molar-refractivity contribution in [3.8, 4) is 5.69 Å². The number of pyridine rings is 1. The zero-order valence-electron chi connectivity index (χ0n) is 14.2. The Hall–Kier alpha value is -2.27. The number of benzene rings is 1. The van der Waals surface area contributed by atoms with Crippen molar-refractivity contribution in [3.63, 3.8) is 0 Å². The van der Waals surface area contributed by atoms with E-state index in [2.05, 4.69) is 38.7 Å². The van der Waals surface area contributed by atoms with Crippen LogP contribution in [0.15, 0.2) is 54.9 Å². The van der Waals surface area contributed by atoms with E-state index in [0.29, 0.717) is 25.9 Å². The second-order valence-electron chi connectivity index (χ2n) is 6.86. The lowest BCUT2D eigenvalue weighted by Crippen LogP contribution is -2.42. The molecule has 0 unspecified atom stereocenters. The van der Waals surface area contributed by atoms with E-state index in [-0.39, 0.29) is 0 Å². The Balaban J connectivity index is 1.61. The topological polar surface area (TPSA) is 21.1 Å². The van der Waals surface area contributed by atoms with Crippen molar-refractivity contribution in [2.24, 2.45) is 0 Å². The van der Waals surface area contributed by atoms with Crippen LogP contribution in [0.4, 0.5) is 4.39 Å². The van der Waals surface area contributed by atoms with E-state index in [1.165, 1.54) is 0 Å². The van der Waals surface area contributed by atoms with Gasteiger partial charge in [0.1, 0.15) is 16.3 Å². The first kappa shape index (κ1) is 16.2. The molecule has 0 bridgehead atoms. The molecule has 3 nitrogen and oxygen atoms in total. The Morgan fingerprint density at radius 3 is 2.60 bits per heavy atom. The first-order chi connectivity index (χ1) is 12.0. The van der Waals surface area contributed by atoms with Gasteiger partial charge in [0, 0.05) is 42.1 Å². The third kappa shape index (κ3) is 3.16. The molecule has 128 valence electrons. The molecule has 1 aliphatic rings. The molecule has 1 saturated heterocycles. The lowest BCUT2D eigenvalue weighted by molar-refractivity contribution is 0.105. The lowest BCUT2D eigenvalue weighted by atomic mass is 9.95. The summed E-state index contributed by atoms with van der Waals surface area (Å²) in [7, 11) is 0. The Morgan fingerprint density at radius 2 is 1.88 bits per heavy atom. The molecule has 1 aliphatic heterocycles. The van der Waals surface area contributed by atoms with Crippen LogP contribution >= 0.6 is 12.2 Å². The molecule has 0 saturated carbocycles. The van der Waals surface area contributed by atoms with Crippen LogP contribution < -0.4 is 0 Å². The Bertz CT molecular complexity index is 907. The molecule has 5 heteroatoms. The first-order valence-electron chi connectivity index (χ1n) is 8.54. The van der Waals surface area contributed by atoms with E-state index in [4.69, 9.17) is 12.2 Å². The Labute approximate surface area is 152 Å². The fraction of sp³-hybridized carbons (Fsp3) is 0.300. The minimum absolute atomic E-state index is 0.521. The van der Waals surface area contributed by atoms with Crippen LogP contribution in [0.2, 0.25) is 0 Å². The molecular formula is C20H20FN3S. The van der Waals surface area contributed by atoms with Crippen molar-refractivity contribution in [2.75, 3.05) is 13.1 Å². The van der Waals surface area contributed by atoms with Gasteiger partial charge >= 0.3 is 0 Å². The lowest BCUT2D eigenvalue weighted by Gasteiger charge is -2.35. The fourth-order valence-electron chi connectivity index (χ4n) is 3.30. The summed E-state index contributed by atoms with van der Waals surface area (Å²) in [6.45, 7) is 3.00. The van der Waals surface area contributed by atoms with Crippen molar-refractivity contribution in [1.82, 2.24) is 14.5 Å². The number of piperidine rings is 1. The number of thiocarbonyl (C=S) groups is 1. The van der Waals surface area contributed by atoms with Gasteiger partial charge in [-0.1, -0.05) is 30.4 Å². The van der Waals surface area contributed by atoms with E-state index in [9.17, 15) is 4.39 Å². The highest BCUT2D eigenvalue weighted by atomic mass is 32.1. The molecular weight excluding hydrogens is 333 g/mol. The van der Waals surface area contributed by atoms with Gasteiger partial charge < -0.3 is 9.47 Å². The monoisotopic (exact) mass is 353 g/mol. The predicted molar refractivity (Wildman–Crippen MR) is 103 cm³/mol. The zero-order chi connectivity index (χ0) is 17.4. The number of nitrogens with zero attached hydrogens (tertiary/aromatic N) is 3. The molecule has 0 atom stereocenters. The summed E-state index contributed by atoms with van der Waals surface area (Å²) in [4.78, 5) is 7.49. The van der Waals surface area contributed by atoms with Gasteiger partial charge in [0.25, 0.3) is 0 Å². The molecule has 0 aliphatic carbocycles. The number of aromatic nitrogens is 2. The van der Waals surface area contributed by atoms with Crippen LogP contribution in [-0.4, -0.2) is 38.2 Å². The highest BCUT2D eigenvalue weighted by molar-refractivity contribution is 7.80. The highest BCUT2D eigenvalue weighted by Crippen LogP contribution is 2.27. The normalized spacial score (nSPS) is 17.0. The molecule has 25 heavy (non-hydrogen) atoms. The number of halogens is 1. The average molecular weight is 353 g/mol. The standard InChI is InChI=1S/C20H20FN3S/c1-20(21)8-11-23(12-9-20)19(25)16-13-15-7-10-24(18(15)22-14-16)17-5-3-2-4-6-17/h2-7,10,13-14H,8-9,11-12H2,1H3. The van der Waals surface area contributed by atoms with Crippen molar-refractivity contribution >= 4 is 28.2 Å². The van der Waals surface area contributed by atoms with Gasteiger partial charge in [-0.2, -0.15) is 0 Å². The minimum Gasteiger partial charge on any atom is -0.362 e. The largest absolute Gasteiger partial charge is 0.362 e. The minimum atomic E-state index is -1.07. The van der Waals surface area contributed by atoms with E-state index >= 15 is 0 Å². The summed E-state index contributed by atoms with van der Waals surface area (Å²) in [5.41, 5.74) is 1.85. The number of hydrogen-bond donors (Lipinski definition) is 0. The second kappa shape index (κ2) is 6.23.